The van der Waals surface area contributed by atoms with Crippen LogP contribution in [0, 0.1) is 11.6 Å². The molecule has 1 aromatic heterocycles. The van der Waals surface area contributed by atoms with Crippen molar-refractivity contribution in [3.63, 3.8) is 0 Å². The van der Waals surface area contributed by atoms with Gasteiger partial charge < -0.3 is 9.73 Å². The Morgan fingerprint density at radius 3 is 2.55 bits per heavy atom. The van der Waals surface area contributed by atoms with Gasteiger partial charge in [-0.05, 0) is 49.0 Å². The molecule has 2 aromatic carbocycles. The van der Waals surface area contributed by atoms with Gasteiger partial charge in [-0.2, -0.15) is 0 Å². The van der Waals surface area contributed by atoms with Crippen LogP contribution in [0.2, 0.25) is 0 Å². The van der Waals surface area contributed by atoms with Gasteiger partial charge >= 0.3 is 0 Å². The fourth-order valence-corrected chi connectivity index (χ4v) is 2.27. The molecule has 0 spiro atoms. The van der Waals surface area contributed by atoms with E-state index in [4.69, 9.17) is 4.42 Å². The lowest BCUT2D eigenvalue weighted by atomic mass is 10.0. The molecule has 3 rings (SSSR count). The molecule has 0 fully saturated rings. The van der Waals surface area contributed by atoms with Crippen molar-refractivity contribution < 1.29 is 13.2 Å². The summed E-state index contributed by atoms with van der Waals surface area (Å²) in [6.07, 6.45) is 0. The van der Waals surface area contributed by atoms with Crippen LogP contribution in [0.25, 0.3) is 22.3 Å². The third-order valence-electron chi connectivity index (χ3n) is 3.18. The highest BCUT2D eigenvalue weighted by Gasteiger charge is 2.12. The SMILES string of the molecule is CNCc1ccc(F)cc1-c1cc2cc(F)ccc2o1. The van der Waals surface area contributed by atoms with Gasteiger partial charge in [0.25, 0.3) is 0 Å². The van der Waals surface area contributed by atoms with E-state index >= 15 is 0 Å². The Bertz CT molecular complexity index is 764. The molecule has 102 valence electrons. The minimum Gasteiger partial charge on any atom is -0.456 e. The second-order valence-corrected chi connectivity index (χ2v) is 4.62. The van der Waals surface area contributed by atoms with Crippen LogP contribution in [0.15, 0.2) is 46.9 Å². The third-order valence-corrected chi connectivity index (χ3v) is 3.18. The van der Waals surface area contributed by atoms with Crippen LogP contribution in [-0.4, -0.2) is 7.05 Å². The minimum absolute atomic E-state index is 0.320. The molecule has 3 aromatic rings. The van der Waals surface area contributed by atoms with E-state index in [0.717, 1.165) is 5.56 Å². The maximum absolute atomic E-state index is 13.5. The number of furan rings is 1. The normalized spacial score (nSPS) is 11.2. The van der Waals surface area contributed by atoms with Crippen molar-refractivity contribution in [2.24, 2.45) is 0 Å². The van der Waals surface area contributed by atoms with Crippen LogP contribution in [0.3, 0.4) is 0 Å². The van der Waals surface area contributed by atoms with E-state index in [0.29, 0.717) is 28.8 Å². The van der Waals surface area contributed by atoms with Crippen LogP contribution < -0.4 is 5.32 Å². The Morgan fingerprint density at radius 2 is 1.75 bits per heavy atom. The molecule has 0 amide bonds. The topological polar surface area (TPSA) is 25.2 Å². The Hall–Kier alpha value is -2.20. The molecule has 0 saturated heterocycles. The average Bonchev–Trinajstić information content (AvgIpc) is 2.83. The summed E-state index contributed by atoms with van der Waals surface area (Å²) in [7, 11) is 1.82. The first-order valence-electron chi connectivity index (χ1n) is 6.30. The fraction of sp³-hybridized carbons (Fsp3) is 0.125. The van der Waals surface area contributed by atoms with Crippen LogP contribution in [0.1, 0.15) is 5.56 Å². The van der Waals surface area contributed by atoms with E-state index in [1.807, 2.05) is 7.05 Å². The lowest BCUT2D eigenvalue weighted by Gasteiger charge is -2.06. The number of rotatable bonds is 3. The second kappa shape index (κ2) is 5.06. The Kier molecular flexibility index (Phi) is 3.24. The molecule has 0 saturated carbocycles. The third kappa shape index (κ3) is 2.30. The molecule has 0 unspecified atom stereocenters. The smallest absolute Gasteiger partial charge is 0.135 e. The van der Waals surface area contributed by atoms with E-state index < -0.39 is 0 Å². The molecule has 0 aliphatic carbocycles. The lowest BCUT2D eigenvalue weighted by Crippen LogP contribution is -2.06. The summed E-state index contributed by atoms with van der Waals surface area (Å²) in [6, 6.07) is 10.6. The van der Waals surface area contributed by atoms with Crippen LogP contribution in [0.4, 0.5) is 8.78 Å². The van der Waals surface area contributed by atoms with Gasteiger partial charge in [0.05, 0.1) is 0 Å². The van der Waals surface area contributed by atoms with Gasteiger partial charge in [-0.25, -0.2) is 8.78 Å². The largest absolute Gasteiger partial charge is 0.456 e. The first-order valence-corrected chi connectivity index (χ1v) is 6.30. The first kappa shape index (κ1) is 12.8. The summed E-state index contributed by atoms with van der Waals surface area (Å²) in [6.45, 7) is 0.598. The van der Waals surface area contributed by atoms with Gasteiger partial charge in [-0.3, -0.25) is 0 Å². The van der Waals surface area contributed by atoms with Gasteiger partial charge in [-0.15, -0.1) is 0 Å². The number of halogens is 2. The summed E-state index contributed by atoms with van der Waals surface area (Å²) in [5.74, 6) is -0.110. The molecule has 0 bridgehead atoms. The summed E-state index contributed by atoms with van der Waals surface area (Å²) < 4.78 is 32.4. The molecule has 1 N–H and O–H groups in total. The molecular formula is C16H13F2NO. The van der Waals surface area contributed by atoms with Gasteiger partial charge in [0.2, 0.25) is 0 Å². The Labute approximate surface area is 115 Å². The molecule has 0 aliphatic heterocycles. The monoisotopic (exact) mass is 273 g/mol. The number of hydrogen-bond donors (Lipinski definition) is 1. The molecule has 2 nitrogen and oxygen atoms in total. The molecule has 4 heteroatoms. The summed E-state index contributed by atoms with van der Waals surface area (Å²) in [4.78, 5) is 0. The lowest BCUT2D eigenvalue weighted by molar-refractivity contribution is 0.612. The van der Waals surface area contributed by atoms with Gasteiger partial charge in [0, 0.05) is 17.5 Å². The maximum Gasteiger partial charge on any atom is 0.135 e. The highest BCUT2D eigenvalue weighted by molar-refractivity contribution is 5.83. The summed E-state index contributed by atoms with van der Waals surface area (Å²) >= 11 is 0. The minimum atomic E-state index is -0.327. The second-order valence-electron chi connectivity index (χ2n) is 4.62. The summed E-state index contributed by atoms with van der Waals surface area (Å²) in [5.41, 5.74) is 2.19. The zero-order valence-corrected chi connectivity index (χ0v) is 10.9. The predicted octanol–water partition coefficient (Wildman–Crippen LogP) is 4.10. The zero-order chi connectivity index (χ0) is 14.1. The highest BCUT2D eigenvalue weighted by atomic mass is 19.1. The van der Waals surface area contributed by atoms with E-state index in [-0.39, 0.29) is 11.6 Å². The van der Waals surface area contributed by atoms with E-state index in [1.165, 1.54) is 24.3 Å². The van der Waals surface area contributed by atoms with Gasteiger partial charge in [0.15, 0.2) is 0 Å². The van der Waals surface area contributed by atoms with E-state index in [9.17, 15) is 8.78 Å². The molecular weight excluding hydrogens is 260 g/mol. The van der Waals surface area contributed by atoms with Crippen LogP contribution in [-0.2, 0) is 6.54 Å². The fourth-order valence-electron chi connectivity index (χ4n) is 2.27. The van der Waals surface area contributed by atoms with Crippen molar-refractivity contribution in [2.75, 3.05) is 7.05 Å². The van der Waals surface area contributed by atoms with E-state index in [2.05, 4.69) is 5.32 Å². The van der Waals surface area contributed by atoms with Crippen molar-refractivity contribution in [3.05, 3.63) is 59.7 Å². The summed E-state index contributed by atoms with van der Waals surface area (Å²) in [5, 5.41) is 3.70. The molecule has 20 heavy (non-hydrogen) atoms. The van der Waals surface area contributed by atoms with Crippen molar-refractivity contribution >= 4 is 11.0 Å². The average molecular weight is 273 g/mol. The van der Waals surface area contributed by atoms with Crippen LogP contribution >= 0.6 is 0 Å². The van der Waals surface area contributed by atoms with Crippen molar-refractivity contribution in [1.82, 2.24) is 5.32 Å². The van der Waals surface area contributed by atoms with Crippen molar-refractivity contribution in [3.8, 4) is 11.3 Å². The quantitative estimate of drug-likeness (QED) is 0.777. The van der Waals surface area contributed by atoms with E-state index in [1.54, 1.807) is 18.2 Å². The molecule has 0 radical (unpaired) electrons. The van der Waals surface area contributed by atoms with Gasteiger partial charge in [0.1, 0.15) is 23.0 Å². The number of nitrogens with one attached hydrogen (secondary N) is 1. The molecule has 0 atom stereocenters. The van der Waals surface area contributed by atoms with Gasteiger partial charge in [-0.1, -0.05) is 6.07 Å². The standard InChI is InChI=1S/C16H13F2NO/c1-19-9-10-2-3-13(18)8-14(10)16-7-11-6-12(17)4-5-15(11)20-16/h2-8,19H,9H2,1H3. The maximum atomic E-state index is 13.5. The predicted molar refractivity (Wildman–Crippen MR) is 74.3 cm³/mol. The van der Waals surface area contributed by atoms with Crippen molar-refractivity contribution in [1.29, 1.82) is 0 Å². The Balaban J connectivity index is 2.16. The molecule has 1 heterocycles. The first-order chi connectivity index (χ1) is 9.67. The number of fused-ring (bicyclic) bond motifs is 1. The Morgan fingerprint density at radius 1 is 1.00 bits per heavy atom. The molecule has 0 aliphatic rings. The number of benzene rings is 2. The van der Waals surface area contributed by atoms with Crippen molar-refractivity contribution in [2.45, 2.75) is 6.54 Å². The highest BCUT2D eigenvalue weighted by Crippen LogP contribution is 2.31. The number of hydrogen-bond acceptors (Lipinski definition) is 2. The zero-order valence-electron chi connectivity index (χ0n) is 10.9. The van der Waals surface area contributed by atoms with Crippen LogP contribution in [0.5, 0.6) is 0 Å².